The van der Waals surface area contributed by atoms with Gasteiger partial charge in [-0.05, 0) is 50.0 Å². The lowest BCUT2D eigenvalue weighted by molar-refractivity contribution is -0.139. The molecule has 5 rings (SSSR count). The molecule has 2 aliphatic rings. The molecule has 0 radical (unpaired) electrons. The van der Waals surface area contributed by atoms with Gasteiger partial charge in [-0.1, -0.05) is 24.3 Å². The van der Waals surface area contributed by atoms with E-state index in [2.05, 4.69) is 20.3 Å². The summed E-state index contributed by atoms with van der Waals surface area (Å²) in [5.41, 5.74) is 8.60. The molecule has 15 heteroatoms. The molecule has 1 saturated carbocycles. The van der Waals surface area contributed by atoms with Gasteiger partial charge < -0.3 is 24.9 Å². The van der Waals surface area contributed by atoms with Crippen LogP contribution >= 0.6 is 7.82 Å². The van der Waals surface area contributed by atoms with Crippen molar-refractivity contribution in [1.29, 1.82) is 0 Å². The van der Waals surface area contributed by atoms with E-state index in [1.165, 1.54) is 25.4 Å². The number of nitrogens with one attached hydrogen (secondary N) is 1. The summed E-state index contributed by atoms with van der Waals surface area (Å²) in [4.78, 5) is 41.6. The van der Waals surface area contributed by atoms with Crippen molar-refractivity contribution in [2.45, 2.75) is 44.3 Å². The quantitative estimate of drug-likeness (QED) is 0.112. The molecule has 3 aromatic rings. The van der Waals surface area contributed by atoms with Crippen LogP contribution in [0.4, 0.5) is 17.5 Å². The predicted octanol–water partition coefficient (Wildman–Crippen LogP) is 3.83. The summed E-state index contributed by atoms with van der Waals surface area (Å²) in [5, 5.41) is 4.61. The number of nitrogen functional groups attached to an aromatic ring is 1. The van der Waals surface area contributed by atoms with Crippen molar-refractivity contribution in [3.63, 3.8) is 0 Å². The first-order chi connectivity index (χ1) is 20.2. The van der Waals surface area contributed by atoms with Crippen LogP contribution in [0.2, 0.25) is 0 Å². The number of phosphoric ester groups is 1. The number of nitrogens with zero attached hydrogens (tertiary/aromatic N) is 5. The first-order valence-corrected chi connectivity index (χ1v) is 15.0. The standard InChI is InChI=1S/C27H34N7O7P/c1-17(34(39-3)21-9-4-18(5-10-21)12-13-38-2)26(35)41-42(36,37)40-15-19-6-11-22(14-19)33-16-29-23-24(30-20-7-8-20)31-27(28)32-25(23)33/h4-6,9-13,16-17,19-20,22H,7-8,14-15H2,1-3H3,(H,36,37)(H3,28,30,31,32)/t17-,19+,22-/m0/s1. The minimum Gasteiger partial charge on any atom is -0.504 e. The highest BCUT2D eigenvalue weighted by atomic mass is 31.2. The van der Waals surface area contributed by atoms with Crippen LogP contribution in [0.1, 0.15) is 37.8 Å². The van der Waals surface area contributed by atoms with Gasteiger partial charge in [-0.25, -0.2) is 19.4 Å². The molecular formula is C27H34N7O7P. The third-order valence-electron chi connectivity index (χ3n) is 6.95. The van der Waals surface area contributed by atoms with E-state index in [0.717, 1.165) is 18.4 Å². The van der Waals surface area contributed by atoms with Gasteiger partial charge in [-0.2, -0.15) is 9.97 Å². The van der Waals surface area contributed by atoms with Crippen LogP contribution in [0.3, 0.4) is 0 Å². The zero-order valence-corrected chi connectivity index (χ0v) is 24.4. The molecule has 0 amide bonds. The van der Waals surface area contributed by atoms with Gasteiger partial charge in [-0.15, -0.1) is 0 Å². The minimum atomic E-state index is -4.71. The second kappa shape index (κ2) is 12.5. The van der Waals surface area contributed by atoms with E-state index in [1.807, 2.05) is 16.7 Å². The Bertz CT molecular complexity index is 1520. The lowest BCUT2D eigenvalue weighted by Gasteiger charge is -2.27. The van der Waals surface area contributed by atoms with Crippen molar-refractivity contribution in [3.05, 3.63) is 54.6 Å². The Kier molecular flexibility index (Phi) is 8.78. The summed E-state index contributed by atoms with van der Waals surface area (Å²) < 4.78 is 29.6. The lowest BCUT2D eigenvalue weighted by Crippen LogP contribution is -2.39. The van der Waals surface area contributed by atoms with E-state index in [0.29, 0.717) is 35.1 Å². The summed E-state index contributed by atoms with van der Waals surface area (Å²) in [5.74, 6) is -0.437. The number of aromatic nitrogens is 4. The number of imidazole rings is 1. The van der Waals surface area contributed by atoms with Gasteiger partial charge in [0.05, 0.1) is 45.1 Å². The number of methoxy groups -OCH3 is 1. The summed E-state index contributed by atoms with van der Waals surface area (Å²) in [7, 11) is -1.78. The number of hydrogen-bond donors (Lipinski definition) is 3. The van der Waals surface area contributed by atoms with Gasteiger partial charge >= 0.3 is 13.8 Å². The maximum absolute atomic E-state index is 12.8. The lowest BCUT2D eigenvalue weighted by atomic mass is 10.1. The molecule has 0 aliphatic heterocycles. The number of hydroxylamine groups is 1. The van der Waals surface area contributed by atoms with Crippen LogP contribution < -0.4 is 16.1 Å². The van der Waals surface area contributed by atoms with Crippen molar-refractivity contribution in [1.82, 2.24) is 19.5 Å². The molecule has 14 nitrogen and oxygen atoms in total. The molecule has 1 unspecified atom stereocenters. The van der Waals surface area contributed by atoms with Gasteiger partial charge in [0, 0.05) is 12.0 Å². The summed E-state index contributed by atoms with van der Waals surface area (Å²) in [6, 6.07) is 6.27. The largest absolute Gasteiger partial charge is 0.529 e. The number of carbonyl (C=O) groups is 1. The fourth-order valence-electron chi connectivity index (χ4n) is 4.65. The SMILES string of the molecule is COC=Cc1ccc(N(OC)[C@@H](C)C(=O)OP(=O)(O)OC[C@@H]2C=C[C@H](n3cnc4c(NC5CC5)nc(N)nc43)C2)cc1. The minimum absolute atomic E-state index is 0.126. The average Bonchev–Trinajstić information content (AvgIpc) is 3.47. The number of phosphoric acid groups is 1. The summed E-state index contributed by atoms with van der Waals surface area (Å²) >= 11 is 0. The zero-order chi connectivity index (χ0) is 29.9. The van der Waals surface area contributed by atoms with E-state index < -0.39 is 19.8 Å². The molecular weight excluding hydrogens is 565 g/mol. The first kappa shape index (κ1) is 29.5. The van der Waals surface area contributed by atoms with Gasteiger partial charge in [0.1, 0.15) is 0 Å². The van der Waals surface area contributed by atoms with Crippen LogP contribution in [0, 0.1) is 5.92 Å². The van der Waals surface area contributed by atoms with Gasteiger partial charge in [0.25, 0.3) is 0 Å². The number of allylic oxidation sites excluding steroid dienone is 1. The van der Waals surface area contributed by atoms with E-state index >= 15 is 0 Å². The van der Waals surface area contributed by atoms with E-state index in [-0.39, 0.29) is 24.5 Å². The number of benzene rings is 1. The molecule has 42 heavy (non-hydrogen) atoms. The predicted molar refractivity (Wildman–Crippen MR) is 156 cm³/mol. The Balaban J connectivity index is 1.16. The normalized spacial score (nSPS) is 20.5. The molecule has 2 aliphatic carbocycles. The topological polar surface area (TPSA) is 176 Å². The Morgan fingerprint density at radius 2 is 2.02 bits per heavy atom. The number of carbonyl (C=O) groups excluding carboxylic acids is 1. The van der Waals surface area contributed by atoms with Gasteiger partial charge in [0.15, 0.2) is 23.0 Å². The monoisotopic (exact) mass is 599 g/mol. The Hall–Kier alpha value is -3.97. The number of fused-ring (bicyclic) bond motifs is 1. The molecule has 0 spiro atoms. The van der Waals surface area contributed by atoms with Crippen molar-refractivity contribution < 1.29 is 32.9 Å². The molecule has 0 saturated heterocycles. The van der Waals surface area contributed by atoms with Crippen LogP contribution in [0.25, 0.3) is 17.2 Å². The summed E-state index contributed by atoms with van der Waals surface area (Å²) in [6.07, 6.45) is 11.5. The molecule has 4 atom stereocenters. The molecule has 4 N–H and O–H groups in total. The highest BCUT2D eigenvalue weighted by Crippen LogP contribution is 2.45. The average molecular weight is 600 g/mol. The highest BCUT2D eigenvalue weighted by molar-refractivity contribution is 7.48. The van der Waals surface area contributed by atoms with Crippen molar-refractivity contribution in [3.8, 4) is 0 Å². The number of rotatable bonds is 13. The number of nitrogens with two attached hydrogens (primary N) is 1. The molecule has 2 aromatic heterocycles. The molecule has 0 bridgehead atoms. The van der Waals surface area contributed by atoms with Gasteiger partial charge in [-0.3, -0.25) is 14.3 Å². The highest BCUT2D eigenvalue weighted by Gasteiger charge is 2.34. The number of anilines is 3. The number of hydrogen-bond acceptors (Lipinski definition) is 12. The van der Waals surface area contributed by atoms with Crippen molar-refractivity contribution in [2.75, 3.05) is 36.9 Å². The molecule has 1 fully saturated rings. The molecule has 2 heterocycles. The van der Waals surface area contributed by atoms with Crippen molar-refractivity contribution >= 4 is 48.5 Å². The number of ether oxygens (including phenoxy) is 1. The van der Waals surface area contributed by atoms with Crippen LogP contribution in [0.15, 0.2) is 49.0 Å². The third kappa shape index (κ3) is 6.90. The molecule has 1 aromatic carbocycles. The van der Waals surface area contributed by atoms with Crippen molar-refractivity contribution in [2.24, 2.45) is 5.92 Å². The fraction of sp³-hybridized carbons (Fsp3) is 0.407. The van der Waals surface area contributed by atoms with E-state index in [4.69, 9.17) is 24.4 Å². The Morgan fingerprint density at radius 1 is 1.26 bits per heavy atom. The molecule has 224 valence electrons. The summed E-state index contributed by atoms with van der Waals surface area (Å²) in [6.45, 7) is 1.36. The van der Waals surface area contributed by atoms with Crippen LogP contribution in [-0.2, 0) is 28.0 Å². The van der Waals surface area contributed by atoms with E-state index in [9.17, 15) is 14.3 Å². The zero-order valence-electron chi connectivity index (χ0n) is 23.5. The van der Waals surface area contributed by atoms with Crippen LogP contribution in [-0.4, -0.2) is 63.3 Å². The first-order valence-electron chi connectivity index (χ1n) is 13.5. The fourth-order valence-corrected chi connectivity index (χ4v) is 5.46. The van der Waals surface area contributed by atoms with E-state index in [1.54, 1.807) is 43.8 Å². The Labute approximate surface area is 242 Å². The Morgan fingerprint density at radius 3 is 2.71 bits per heavy atom. The smallest absolute Gasteiger partial charge is 0.504 e. The van der Waals surface area contributed by atoms with Crippen LogP contribution in [0.5, 0.6) is 0 Å². The third-order valence-corrected chi connectivity index (χ3v) is 7.84. The maximum Gasteiger partial charge on any atom is 0.529 e. The second-order valence-corrected chi connectivity index (χ2v) is 11.5. The van der Waals surface area contributed by atoms with Gasteiger partial charge in [0.2, 0.25) is 5.95 Å². The second-order valence-electron chi connectivity index (χ2n) is 10.1. The maximum atomic E-state index is 12.8.